The minimum absolute atomic E-state index is 0.465. The second-order valence-electron chi connectivity index (χ2n) is 4.76. The third-order valence-corrected chi connectivity index (χ3v) is 3.27. The molecule has 2 heterocycles. The highest BCUT2D eigenvalue weighted by atomic mass is 32.1. The van der Waals surface area contributed by atoms with Crippen LogP contribution in [0.1, 0.15) is 25.1 Å². The molecule has 0 unspecified atom stereocenters. The van der Waals surface area contributed by atoms with Crippen molar-refractivity contribution in [2.45, 2.75) is 33.0 Å². The minimum Gasteiger partial charge on any atom is -0.338 e. The Labute approximate surface area is 117 Å². The number of anilines is 1. The third-order valence-electron chi connectivity index (χ3n) is 2.63. The van der Waals surface area contributed by atoms with Gasteiger partial charge in [0.2, 0.25) is 5.95 Å². The molecule has 0 amide bonds. The SMILES string of the molecule is CC(C)NCc1cnc(N(C)Cc2cscn2)nc1. The van der Waals surface area contributed by atoms with Crippen LogP contribution < -0.4 is 10.2 Å². The Bertz CT molecular complexity index is 480. The van der Waals surface area contributed by atoms with Crippen molar-refractivity contribution in [3.63, 3.8) is 0 Å². The molecule has 0 radical (unpaired) electrons. The van der Waals surface area contributed by atoms with Crippen LogP contribution in [0.2, 0.25) is 0 Å². The molecule has 0 saturated carbocycles. The Balaban J connectivity index is 1.93. The third kappa shape index (κ3) is 4.25. The molecule has 0 aliphatic heterocycles. The van der Waals surface area contributed by atoms with Gasteiger partial charge in [0.25, 0.3) is 0 Å². The zero-order valence-corrected chi connectivity index (χ0v) is 12.3. The second-order valence-corrected chi connectivity index (χ2v) is 5.48. The van der Waals surface area contributed by atoms with E-state index >= 15 is 0 Å². The van der Waals surface area contributed by atoms with Crippen molar-refractivity contribution in [2.24, 2.45) is 0 Å². The van der Waals surface area contributed by atoms with Gasteiger partial charge in [-0.2, -0.15) is 0 Å². The molecule has 1 N–H and O–H groups in total. The summed E-state index contributed by atoms with van der Waals surface area (Å²) >= 11 is 1.60. The van der Waals surface area contributed by atoms with E-state index < -0.39 is 0 Å². The Morgan fingerprint density at radius 1 is 1.26 bits per heavy atom. The average molecular weight is 277 g/mol. The number of rotatable bonds is 6. The van der Waals surface area contributed by atoms with Gasteiger partial charge in [0.1, 0.15) is 0 Å². The van der Waals surface area contributed by atoms with Gasteiger partial charge in [0.15, 0.2) is 0 Å². The van der Waals surface area contributed by atoms with E-state index in [1.54, 1.807) is 11.3 Å². The molecule has 0 spiro atoms. The summed E-state index contributed by atoms with van der Waals surface area (Å²) in [6.45, 7) is 5.77. The highest BCUT2D eigenvalue weighted by molar-refractivity contribution is 7.07. The predicted molar refractivity (Wildman–Crippen MR) is 78.2 cm³/mol. The summed E-state index contributed by atoms with van der Waals surface area (Å²) in [4.78, 5) is 15.0. The van der Waals surface area contributed by atoms with Gasteiger partial charge in [0, 0.05) is 43.0 Å². The van der Waals surface area contributed by atoms with Crippen molar-refractivity contribution in [1.82, 2.24) is 20.3 Å². The molecule has 0 aromatic carbocycles. The van der Waals surface area contributed by atoms with Crippen molar-refractivity contribution in [1.29, 1.82) is 0 Å². The lowest BCUT2D eigenvalue weighted by atomic mass is 10.3. The monoisotopic (exact) mass is 277 g/mol. The lowest BCUT2D eigenvalue weighted by molar-refractivity contribution is 0.586. The van der Waals surface area contributed by atoms with E-state index in [1.807, 2.05) is 35.2 Å². The predicted octanol–water partition coefficient (Wildman–Crippen LogP) is 2.07. The Morgan fingerprint density at radius 3 is 2.58 bits per heavy atom. The minimum atomic E-state index is 0.465. The second kappa shape index (κ2) is 6.58. The standard InChI is InChI=1S/C13H19N5S/c1-10(2)14-4-11-5-15-13(16-6-11)18(3)7-12-8-19-9-17-12/h5-6,8-10,14H,4,7H2,1-3H3. The number of hydrogen-bond acceptors (Lipinski definition) is 6. The van der Waals surface area contributed by atoms with Crippen LogP contribution in [0, 0.1) is 0 Å². The van der Waals surface area contributed by atoms with Crippen molar-refractivity contribution in [3.8, 4) is 0 Å². The normalized spacial score (nSPS) is 10.9. The molecule has 102 valence electrons. The number of aromatic nitrogens is 3. The van der Waals surface area contributed by atoms with Gasteiger partial charge in [-0.05, 0) is 0 Å². The molecule has 19 heavy (non-hydrogen) atoms. The van der Waals surface area contributed by atoms with E-state index in [-0.39, 0.29) is 0 Å². The summed E-state index contributed by atoms with van der Waals surface area (Å²) < 4.78 is 0. The number of thiazole rings is 1. The fourth-order valence-corrected chi connectivity index (χ4v) is 2.14. The largest absolute Gasteiger partial charge is 0.338 e. The zero-order valence-electron chi connectivity index (χ0n) is 11.5. The maximum atomic E-state index is 4.39. The highest BCUT2D eigenvalue weighted by Crippen LogP contribution is 2.10. The molecule has 2 aromatic heterocycles. The van der Waals surface area contributed by atoms with Gasteiger partial charge in [-0.25, -0.2) is 15.0 Å². The Kier molecular flexibility index (Phi) is 4.81. The molecule has 2 aromatic rings. The van der Waals surface area contributed by atoms with Crippen LogP contribution in [0.25, 0.3) is 0 Å². The van der Waals surface area contributed by atoms with Crippen molar-refractivity contribution in [3.05, 3.63) is 34.5 Å². The first kappa shape index (κ1) is 13.9. The van der Waals surface area contributed by atoms with E-state index in [2.05, 4.69) is 34.1 Å². The first-order chi connectivity index (χ1) is 9.15. The van der Waals surface area contributed by atoms with Crippen molar-refractivity contribution >= 4 is 17.3 Å². The Hall–Kier alpha value is -1.53. The van der Waals surface area contributed by atoms with E-state index in [0.29, 0.717) is 6.04 Å². The van der Waals surface area contributed by atoms with Crippen LogP contribution in [0.4, 0.5) is 5.95 Å². The average Bonchev–Trinajstić information content (AvgIpc) is 2.89. The molecule has 6 heteroatoms. The summed E-state index contributed by atoms with van der Waals surface area (Å²) in [5.74, 6) is 0.723. The molecular weight excluding hydrogens is 258 g/mol. The van der Waals surface area contributed by atoms with Gasteiger partial charge in [0.05, 0.1) is 17.7 Å². The quantitative estimate of drug-likeness (QED) is 0.876. The maximum Gasteiger partial charge on any atom is 0.225 e. The van der Waals surface area contributed by atoms with E-state index in [9.17, 15) is 0 Å². The number of hydrogen-bond donors (Lipinski definition) is 1. The van der Waals surface area contributed by atoms with E-state index in [4.69, 9.17) is 0 Å². The molecule has 0 aliphatic rings. The van der Waals surface area contributed by atoms with Gasteiger partial charge in [-0.1, -0.05) is 13.8 Å². The lowest BCUT2D eigenvalue weighted by Crippen LogP contribution is -2.23. The maximum absolute atomic E-state index is 4.39. The smallest absolute Gasteiger partial charge is 0.225 e. The fraction of sp³-hybridized carbons (Fsp3) is 0.462. The molecule has 5 nitrogen and oxygen atoms in total. The van der Waals surface area contributed by atoms with Gasteiger partial charge >= 0.3 is 0 Å². The van der Waals surface area contributed by atoms with Crippen LogP contribution in [-0.4, -0.2) is 28.0 Å². The first-order valence-electron chi connectivity index (χ1n) is 6.27. The van der Waals surface area contributed by atoms with E-state index in [0.717, 1.165) is 30.3 Å². The van der Waals surface area contributed by atoms with Crippen LogP contribution in [0.3, 0.4) is 0 Å². The van der Waals surface area contributed by atoms with Crippen molar-refractivity contribution < 1.29 is 0 Å². The number of nitrogens with zero attached hydrogens (tertiary/aromatic N) is 4. The van der Waals surface area contributed by atoms with Crippen LogP contribution in [0.15, 0.2) is 23.3 Å². The summed E-state index contributed by atoms with van der Waals surface area (Å²) in [7, 11) is 1.97. The molecule has 2 rings (SSSR count). The van der Waals surface area contributed by atoms with Crippen LogP contribution in [0.5, 0.6) is 0 Å². The summed E-state index contributed by atoms with van der Waals surface area (Å²) in [6.07, 6.45) is 3.74. The highest BCUT2D eigenvalue weighted by Gasteiger charge is 2.06. The molecule has 0 fully saturated rings. The van der Waals surface area contributed by atoms with Gasteiger partial charge in [-0.15, -0.1) is 11.3 Å². The van der Waals surface area contributed by atoms with Crippen LogP contribution >= 0.6 is 11.3 Å². The zero-order chi connectivity index (χ0) is 13.7. The van der Waals surface area contributed by atoms with Gasteiger partial charge < -0.3 is 10.2 Å². The molecule has 0 aliphatic carbocycles. The first-order valence-corrected chi connectivity index (χ1v) is 7.22. The summed E-state index contributed by atoms with van der Waals surface area (Å²) in [5, 5.41) is 5.38. The number of nitrogens with one attached hydrogen (secondary N) is 1. The topological polar surface area (TPSA) is 53.9 Å². The fourth-order valence-electron chi connectivity index (χ4n) is 1.59. The summed E-state index contributed by atoms with van der Waals surface area (Å²) in [5.41, 5.74) is 3.98. The molecule has 0 bridgehead atoms. The molecule has 0 atom stereocenters. The molecular formula is C13H19N5S. The lowest BCUT2D eigenvalue weighted by Gasteiger charge is -2.15. The van der Waals surface area contributed by atoms with Gasteiger partial charge in [-0.3, -0.25) is 0 Å². The molecule has 0 saturated heterocycles. The van der Waals surface area contributed by atoms with Crippen molar-refractivity contribution in [2.75, 3.05) is 11.9 Å². The summed E-state index contributed by atoms with van der Waals surface area (Å²) in [6, 6.07) is 0.465. The Morgan fingerprint density at radius 2 is 2.00 bits per heavy atom. The van der Waals surface area contributed by atoms with Crippen LogP contribution in [-0.2, 0) is 13.1 Å². The van der Waals surface area contributed by atoms with E-state index in [1.165, 1.54) is 0 Å².